The molecule has 1 atom stereocenters. The second-order valence-corrected chi connectivity index (χ2v) is 7.16. The van der Waals surface area contributed by atoms with Gasteiger partial charge in [0.25, 0.3) is 5.91 Å². The second-order valence-electron chi connectivity index (χ2n) is 7.16. The van der Waals surface area contributed by atoms with E-state index in [4.69, 9.17) is 0 Å². The van der Waals surface area contributed by atoms with Crippen LogP contribution in [-0.4, -0.2) is 50.2 Å². The Morgan fingerprint density at radius 2 is 1.65 bits per heavy atom. The third-order valence-electron chi connectivity index (χ3n) is 5.63. The molecule has 4 heteroatoms. The van der Waals surface area contributed by atoms with Gasteiger partial charge in [0.1, 0.15) is 0 Å². The van der Waals surface area contributed by atoms with E-state index in [2.05, 4.69) is 12.2 Å². The molecule has 20 heavy (non-hydrogen) atoms. The van der Waals surface area contributed by atoms with E-state index in [0.29, 0.717) is 6.04 Å². The summed E-state index contributed by atoms with van der Waals surface area (Å²) in [5.74, 6) is 0.284. The molecule has 0 bridgehead atoms. The van der Waals surface area contributed by atoms with Crippen molar-refractivity contribution in [3.05, 3.63) is 0 Å². The number of nitrogens with one attached hydrogen (secondary N) is 3. The molecule has 0 radical (unpaired) electrons. The van der Waals surface area contributed by atoms with Crippen LogP contribution in [0.2, 0.25) is 0 Å². The highest BCUT2D eigenvalue weighted by Crippen LogP contribution is 2.18. The summed E-state index contributed by atoms with van der Waals surface area (Å²) in [6, 6.07) is 1.52. The van der Waals surface area contributed by atoms with Gasteiger partial charge in [-0.25, -0.2) is 0 Å². The Kier molecular flexibility index (Phi) is 4.61. The lowest BCUT2D eigenvalue weighted by molar-refractivity contribution is -0.965. The molecule has 3 N–H and O–H groups in total. The maximum atomic E-state index is 12.1. The molecule has 2 aliphatic heterocycles. The van der Waals surface area contributed by atoms with Crippen molar-refractivity contribution in [2.75, 3.05) is 26.2 Å². The van der Waals surface area contributed by atoms with Crippen molar-refractivity contribution < 1.29 is 14.6 Å². The fourth-order valence-corrected chi connectivity index (χ4v) is 3.98. The largest absolute Gasteiger partial charge is 0.348 e. The number of carbonyl (C=O) groups excluding carboxylic acids is 1. The van der Waals surface area contributed by atoms with Gasteiger partial charge in [0.05, 0.1) is 32.2 Å². The molecule has 0 spiro atoms. The van der Waals surface area contributed by atoms with E-state index in [1.807, 2.05) is 4.90 Å². The fourth-order valence-electron chi connectivity index (χ4n) is 3.98. The molecule has 3 aliphatic rings. The SMILES string of the molecule is C[C@@H](C(=O)NC1CC1)[NH+]1CCC([NH+]2CCCCC2)CC1. The van der Waals surface area contributed by atoms with E-state index >= 15 is 0 Å². The Morgan fingerprint density at radius 1 is 1.00 bits per heavy atom. The minimum absolute atomic E-state index is 0.146. The number of carbonyl (C=O) groups is 1. The summed E-state index contributed by atoms with van der Waals surface area (Å²) in [6.45, 7) is 7.26. The van der Waals surface area contributed by atoms with E-state index in [0.717, 1.165) is 6.04 Å². The Bertz CT molecular complexity index is 329. The zero-order valence-electron chi connectivity index (χ0n) is 12.9. The molecule has 1 saturated carbocycles. The summed E-state index contributed by atoms with van der Waals surface area (Å²) < 4.78 is 0. The van der Waals surface area contributed by atoms with Crippen molar-refractivity contribution in [3.8, 4) is 0 Å². The van der Waals surface area contributed by atoms with Crippen LogP contribution < -0.4 is 15.1 Å². The molecule has 114 valence electrons. The average Bonchev–Trinajstić information content (AvgIpc) is 3.31. The van der Waals surface area contributed by atoms with Crippen molar-refractivity contribution in [2.24, 2.45) is 0 Å². The molecule has 3 rings (SSSR count). The minimum Gasteiger partial charge on any atom is -0.348 e. The first-order valence-corrected chi connectivity index (χ1v) is 8.73. The van der Waals surface area contributed by atoms with E-state index in [1.165, 1.54) is 76.0 Å². The topological polar surface area (TPSA) is 38.0 Å². The van der Waals surface area contributed by atoms with Gasteiger partial charge in [-0.2, -0.15) is 0 Å². The molecule has 0 aromatic rings. The van der Waals surface area contributed by atoms with Gasteiger partial charge < -0.3 is 15.1 Å². The predicted molar refractivity (Wildman–Crippen MR) is 78.9 cm³/mol. The molecule has 0 aromatic carbocycles. The Hall–Kier alpha value is -0.610. The van der Waals surface area contributed by atoms with Crippen LogP contribution >= 0.6 is 0 Å². The maximum Gasteiger partial charge on any atom is 0.278 e. The van der Waals surface area contributed by atoms with Crippen LogP contribution in [0.1, 0.15) is 51.9 Å². The van der Waals surface area contributed by atoms with Crippen molar-refractivity contribution in [1.82, 2.24) is 5.32 Å². The Labute approximate surface area is 122 Å². The van der Waals surface area contributed by atoms with Gasteiger partial charge in [0.15, 0.2) is 6.04 Å². The molecule has 3 fully saturated rings. The first-order valence-electron chi connectivity index (χ1n) is 8.73. The van der Waals surface area contributed by atoms with Gasteiger partial charge >= 0.3 is 0 Å². The van der Waals surface area contributed by atoms with Crippen LogP contribution in [0.15, 0.2) is 0 Å². The van der Waals surface area contributed by atoms with Gasteiger partial charge in [-0.1, -0.05) is 0 Å². The minimum atomic E-state index is 0.146. The Balaban J connectivity index is 1.43. The molecule has 0 aromatic heterocycles. The lowest BCUT2D eigenvalue weighted by Gasteiger charge is -2.37. The lowest BCUT2D eigenvalue weighted by atomic mass is 9.99. The molecular formula is C16H31N3O+2. The summed E-state index contributed by atoms with van der Waals surface area (Å²) in [7, 11) is 0. The third-order valence-corrected chi connectivity index (χ3v) is 5.63. The van der Waals surface area contributed by atoms with Crippen LogP contribution in [0.4, 0.5) is 0 Å². The van der Waals surface area contributed by atoms with Crippen LogP contribution in [0.5, 0.6) is 0 Å². The van der Waals surface area contributed by atoms with E-state index < -0.39 is 0 Å². The number of piperidine rings is 2. The van der Waals surface area contributed by atoms with Crippen molar-refractivity contribution in [3.63, 3.8) is 0 Å². The first-order chi connectivity index (χ1) is 9.74. The van der Waals surface area contributed by atoms with Gasteiger partial charge in [0.2, 0.25) is 0 Å². The number of rotatable bonds is 4. The number of amides is 1. The zero-order chi connectivity index (χ0) is 13.9. The summed E-state index contributed by atoms with van der Waals surface area (Å²) in [6.07, 6.45) is 9.27. The normalized spacial score (nSPS) is 33.6. The average molecular weight is 281 g/mol. The predicted octanol–water partition coefficient (Wildman–Crippen LogP) is -1.23. The molecule has 1 aliphatic carbocycles. The van der Waals surface area contributed by atoms with Crippen molar-refractivity contribution in [1.29, 1.82) is 0 Å². The molecule has 0 unspecified atom stereocenters. The molecule has 2 saturated heterocycles. The first kappa shape index (κ1) is 14.3. The van der Waals surface area contributed by atoms with E-state index in [9.17, 15) is 4.79 Å². The van der Waals surface area contributed by atoms with Gasteiger partial charge in [-0.15, -0.1) is 0 Å². The smallest absolute Gasteiger partial charge is 0.278 e. The number of quaternary nitrogens is 2. The van der Waals surface area contributed by atoms with Gasteiger partial charge in [-0.3, -0.25) is 4.79 Å². The second kappa shape index (κ2) is 6.44. The van der Waals surface area contributed by atoms with Crippen LogP contribution in [0.3, 0.4) is 0 Å². The zero-order valence-corrected chi connectivity index (χ0v) is 12.9. The van der Waals surface area contributed by atoms with Crippen molar-refractivity contribution >= 4 is 5.91 Å². The molecule has 4 nitrogen and oxygen atoms in total. The summed E-state index contributed by atoms with van der Waals surface area (Å²) >= 11 is 0. The summed E-state index contributed by atoms with van der Waals surface area (Å²) in [5.41, 5.74) is 0. The van der Waals surface area contributed by atoms with Crippen LogP contribution in [0.25, 0.3) is 0 Å². The van der Waals surface area contributed by atoms with E-state index in [1.54, 1.807) is 0 Å². The number of likely N-dealkylation sites (tertiary alicyclic amines) is 2. The van der Waals surface area contributed by atoms with Crippen LogP contribution in [0, 0.1) is 0 Å². The standard InChI is InChI=1S/C16H29N3O/c1-13(16(20)17-14-5-6-14)18-11-7-15(8-12-18)19-9-3-2-4-10-19/h13-15H,2-12H2,1H3,(H,17,20)/p+2/t13-/m0/s1. The highest BCUT2D eigenvalue weighted by molar-refractivity contribution is 5.80. The third kappa shape index (κ3) is 3.53. The highest BCUT2D eigenvalue weighted by Gasteiger charge is 2.36. The maximum absolute atomic E-state index is 12.1. The van der Waals surface area contributed by atoms with E-state index in [-0.39, 0.29) is 11.9 Å². The van der Waals surface area contributed by atoms with Crippen LogP contribution in [-0.2, 0) is 4.79 Å². The fraction of sp³-hybridized carbons (Fsp3) is 0.938. The monoisotopic (exact) mass is 281 g/mol. The molecule has 1 amide bonds. The van der Waals surface area contributed by atoms with Gasteiger partial charge in [0, 0.05) is 18.9 Å². The molecule has 2 heterocycles. The summed E-state index contributed by atoms with van der Waals surface area (Å²) in [5, 5.41) is 3.16. The van der Waals surface area contributed by atoms with Gasteiger partial charge in [-0.05, 0) is 39.0 Å². The number of hydrogen-bond acceptors (Lipinski definition) is 1. The number of hydrogen-bond donors (Lipinski definition) is 3. The molecular weight excluding hydrogens is 250 g/mol. The summed E-state index contributed by atoms with van der Waals surface area (Å²) in [4.78, 5) is 15.5. The van der Waals surface area contributed by atoms with Crippen molar-refractivity contribution in [2.45, 2.75) is 70.0 Å². The lowest BCUT2D eigenvalue weighted by Crippen LogP contribution is -3.22. The Morgan fingerprint density at radius 3 is 2.25 bits per heavy atom. The highest BCUT2D eigenvalue weighted by atomic mass is 16.2. The quantitative estimate of drug-likeness (QED) is 0.593.